The van der Waals surface area contributed by atoms with E-state index in [0.29, 0.717) is 15.8 Å². The van der Waals surface area contributed by atoms with Crippen LogP contribution in [0.2, 0.25) is 0 Å². The molecule has 0 amide bonds. The lowest BCUT2D eigenvalue weighted by Crippen LogP contribution is -2.20. The minimum atomic E-state index is 0.174. The van der Waals surface area contributed by atoms with Gasteiger partial charge in [-0.2, -0.15) is 0 Å². The maximum Gasteiger partial charge on any atom is 0.0396 e. The van der Waals surface area contributed by atoms with Crippen LogP contribution in [-0.4, -0.2) is 3.92 Å². The van der Waals surface area contributed by atoms with Crippen LogP contribution < -0.4 is 0 Å². The number of rotatable bonds is 1. The molecule has 0 aliphatic heterocycles. The van der Waals surface area contributed by atoms with E-state index in [-0.39, 0.29) is 5.41 Å². The fraction of sp³-hybridized carbons (Fsp3) is 0.360. The van der Waals surface area contributed by atoms with E-state index in [0.717, 1.165) is 0 Å². The Balaban J connectivity index is 1.57. The van der Waals surface area contributed by atoms with Crippen molar-refractivity contribution < 1.29 is 0 Å². The number of hydrogen-bond donors (Lipinski definition) is 0. The molecule has 0 aromatic heterocycles. The number of alkyl halides is 1. The summed E-state index contributed by atoms with van der Waals surface area (Å²) in [5, 5.41) is 0. The topological polar surface area (TPSA) is 0 Å². The Morgan fingerprint density at radius 3 is 2.85 bits per heavy atom. The molecule has 0 saturated heterocycles. The van der Waals surface area contributed by atoms with Crippen LogP contribution in [-0.2, 0) is 0 Å². The smallest absolute Gasteiger partial charge is 0.0396 e. The molecule has 5 aliphatic carbocycles. The van der Waals surface area contributed by atoms with Gasteiger partial charge in [-0.15, -0.1) is 0 Å². The molecule has 0 saturated carbocycles. The Morgan fingerprint density at radius 2 is 1.96 bits per heavy atom. The first-order valence-corrected chi connectivity index (χ1v) is 11.1. The molecule has 0 bridgehead atoms. The van der Waals surface area contributed by atoms with E-state index in [9.17, 15) is 0 Å². The average Bonchev–Trinajstić information content (AvgIpc) is 2.90. The highest BCUT2D eigenvalue weighted by atomic mass is 127. The van der Waals surface area contributed by atoms with Crippen molar-refractivity contribution in [1.29, 1.82) is 0 Å². The second kappa shape index (κ2) is 6.09. The zero-order chi connectivity index (χ0) is 17.9. The first-order valence-electron chi connectivity index (χ1n) is 9.81. The van der Waals surface area contributed by atoms with E-state index in [4.69, 9.17) is 0 Å². The van der Waals surface area contributed by atoms with E-state index in [1.165, 1.54) is 36.0 Å². The van der Waals surface area contributed by atoms with Gasteiger partial charge in [0.1, 0.15) is 0 Å². The molecule has 0 radical (unpaired) electrons. The lowest BCUT2D eigenvalue weighted by Gasteiger charge is -2.31. The standard InChI is InChI=1S/C25H25I/c1-25(2)22-10-6-5-8-19(22)20-12-11-16(15-23(20)25)17-13-14-24(26)21-9-4-3-7-18(17)21/h3-4,6-7,9-11,13-15,20-21,24H,5,8,12H2,1-2H3. The Morgan fingerprint density at radius 1 is 1.08 bits per heavy atom. The zero-order valence-electron chi connectivity index (χ0n) is 15.5. The summed E-state index contributed by atoms with van der Waals surface area (Å²) < 4.78 is 0.555. The highest BCUT2D eigenvalue weighted by Gasteiger charge is 2.43. The van der Waals surface area contributed by atoms with Gasteiger partial charge < -0.3 is 0 Å². The van der Waals surface area contributed by atoms with Crippen LogP contribution in [0.5, 0.6) is 0 Å². The highest BCUT2D eigenvalue weighted by Crippen LogP contribution is 2.56. The first-order chi connectivity index (χ1) is 12.6. The molecule has 0 aromatic rings. The molecule has 0 heterocycles. The SMILES string of the molecule is CC1(C)C2=CC(C3=C4C=CC=CC4C(I)C=C3)=CCC2C2=C1C=CCC2. The van der Waals surface area contributed by atoms with Gasteiger partial charge in [0.15, 0.2) is 0 Å². The van der Waals surface area contributed by atoms with Crippen LogP contribution in [0, 0.1) is 17.3 Å². The van der Waals surface area contributed by atoms with E-state index in [1.54, 1.807) is 16.7 Å². The quantitative estimate of drug-likeness (QED) is 0.298. The summed E-state index contributed by atoms with van der Waals surface area (Å²) in [5.41, 5.74) is 9.48. The van der Waals surface area contributed by atoms with E-state index in [1.807, 2.05) is 0 Å². The van der Waals surface area contributed by atoms with Gasteiger partial charge >= 0.3 is 0 Å². The Labute approximate surface area is 170 Å². The van der Waals surface area contributed by atoms with Crippen LogP contribution in [0.4, 0.5) is 0 Å². The molecule has 1 heteroatoms. The fourth-order valence-electron chi connectivity index (χ4n) is 5.41. The zero-order valence-corrected chi connectivity index (χ0v) is 17.7. The third-order valence-corrected chi connectivity index (χ3v) is 7.95. The van der Waals surface area contributed by atoms with Gasteiger partial charge in [-0.3, -0.25) is 0 Å². The molecule has 3 unspecified atom stereocenters. The second-order valence-corrected chi connectivity index (χ2v) is 9.93. The third-order valence-electron chi connectivity index (χ3n) is 6.76. The van der Waals surface area contributed by atoms with Crippen molar-refractivity contribution in [3.63, 3.8) is 0 Å². The Hall–Kier alpha value is -1.35. The molecule has 0 spiro atoms. The van der Waals surface area contributed by atoms with Gasteiger partial charge in [0.05, 0.1) is 0 Å². The van der Waals surface area contributed by atoms with Crippen LogP contribution in [0.3, 0.4) is 0 Å². The summed E-state index contributed by atoms with van der Waals surface area (Å²) in [7, 11) is 0. The van der Waals surface area contributed by atoms with Crippen LogP contribution in [0.15, 0.2) is 94.2 Å². The van der Waals surface area contributed by atoms with Gasteiger partial charge in [-0.1, -0.05) is 108 Å². The predicted molar refractivity (Wildman–Crippen MR) is 119 cm³/mol. The Bertz CT molecular complexity index is 908. The van der Waals surface area contributed by atoms with Crippen molar-refractivity contribution >= 4 is 22.6 Å². The Kier molecular flexibility index (Phi) is 3.93. The van der Waals surface area contributed by atoms with Crippen molar-refractivity contribution in [2.75, 3.05) is 0 Å². The molecule has 26 heavy (non-hydrogen) atoms. The average molecular weight is 452 g/mol. The summed E-state index contributed by atoms with van der Waals surface area (Å²) >= 11 is 2.57. The normalized spacial score (nSPS) is 33.7. The maximum absolute atomic E-state index is 2.57. The molecule has 0 fully saturated rings. The highest BCUT2D eigenvalue weighted by molar-refractivity contribution is 14.1. The number of fused-ring (bicyclic) bond motifs is 3. The van der Waals surface area contributed by atoms with Crippen LogP contribution >= 0.6 is 22.6 Å². The third kappa shape index (κ3) is 2.39. The van der Waals surface area contributed by atoms with E-state index < -0.39 is 0 Å². The number of hydrogen-bond acceptors (Lipinski definition) is 0. The monoisotopic (exact) mass is 452 g/mol. The summed E-state index contributed by atoms with van der Waals surface area (Å²) in [6, 6.07) is 0. The molecule has 0 N–H and O–H groups in total. The molecule has 132 valence electrons. The van der Waals surface area contributed by atoms with Crippen molar-refractivity contribution in [3.05, 3.63) is 94.2 Å². The number of halogens is 1. The number of allylic oxidation sites excluding steroid dienone is 16. The van der Waals surface area contributed by atoms with Gasteiger partial charge in [0.2, 0.25) is 0 Å². The molecule has 3 atom stereocenters. The van der Waals surface area contributed by atoms with Crippen LogP contribution in [0.25, 0.3) is 0 Å². The lowest BCUT2D eigenvalue weighted by atomic mass is 9.73. The summed E-state index contributed by atoms with van der Waals surface area (Å²) in [4.78, 5) is 0. The second-order valence-electron chi connectivity index (χ2n) is 8.49. The molecule has 0 aromatic carbocycles. The summed E-state index contributed by atoms with van der Waals surface area (Å²) in [5.74, 6) is 1.16. The van der Waals surface area contributed by atoms with Crippen molar-refractivity contribution in [1.82, 2.24) is 0 Å². The van der Waals surface area contributed by atoms with E-state index >= 15 is 0 Å². The first kappa shape index (κ1) is 16.8. The maximum atomic E-state index is 2.57. The summed E-state index contributed by atoms with van der Waals surface area (Å²) in [6.45, 7) is 4.85. The van der Waals surface area contributed by atoms with Gasteiger partial charge in [0, 0.05) is 21.2 Å². The predicted octanol–water partition coefficient (Wildman–Crippen LogP) is 6.96. The minimum Gasteiger partial charge on any atom is -0.0839 e. The molecule has 5 aliphatic rings. The minimum absolute atomic E-state index is 0.174. The van der Waals surface area contributed by atoms with Crippen molar-refractivity contribution in [3.8, 4) is 0 Å². The molecular weight excluding hydrogens is 427 g/mol. The molecule has 5 rings (SSSR count). The van der Waals surface area contributed by atoms with Gasteiger partial charge in [0.25, 0.3) is 0 Å². The largest absolute Gasteiger partial charge is 0.0839 e. The lowest BCUT2D eigenvalue weighted by molar-refractivity contribution is 0.526. The van der Waals surface area contributed by atoms with Crippen molar-refractivity contribution in [2.24, 2.45) is 17.3 Å². The molecular formula is C25H25I. The van der Waals surface area contributed by atoms with Gasteiger partial charge in [-0.25, -0.2) is 0 Å². The fourth-order valence-corrected chi connectivity index (χ4v) is 6.25. The van der Waals surface area contributed by atoms with Gasteiger partial charge in [-0.05, 0) is 41.6 Å². The summed E-state index contributed by atoms with van der Waals surface area (Å²) in [6.07, 6.45) is 27.3. The van der Waals surface area contributed by atoms with Crippen molar-refractivity contribution in [2.45, 2.75) is 37.0 Å². The van der Waals surface area contributed by atoms with Crippen LogP contribution in [0.1, 0.15) is 33.1 Å². The van der Waals surface area contributed by atoms with E-state index in [2.05, 4.69) is 97.2 Å². The molecule has 0 nitrogen and oxygen atoms in total.